The molecule has 9 heteroatoms. The molecule has 8 nitrogen and oxygen atoms in total. The van der Waals surface area contributed by atoms with Gasteiger partial charge in [-0.25, -0.2) is 4.79 Å². The van der Waals surface area contributed by atoms with Crippen LogP contribution in [-0.4, -0.2) is 35.7 Å². The summed E-state index contributed by atoms with van der Waals surface area (Å²) in [5.41, 5.74) is 2.99. The van der Waals surface area contributed by atoms with Crippen LogP contribution in [0.25, 0.3) is 11.1 Å². The highest BCUT2D eigenvalue weighted by Gasteiger charge is 2.26. The number of carbonyl (C=O) groups excluding carboxylic acids is 3. The first-order valence-electron chi connectivity index (χ1n) is 10.1. The summed E-state index contributed by atoms with van der Waals surface area (Å²) < 4.78 is 15.5. The molecule has 32 heavy (non-hydrogen) atoms. The van der Waals surface area contributed by atoms with E-state index in [1.54, 1.807) is 26.2 Å². The van der Waals surface area contributed by atoms with Gasteiger partial charge in [0, 0.05) is 16.5 Å². The summed E-state index contributed by atoms with van der Waals surface area (Å²) in [7, 11) is 0. The number of nitrogens with one attached hydrogen (secondary N) is 1. The average molecular weight is 457 g/mol. The van der Waals surface area contributed by atoms with Gasteiger partial charge < -0.3 is 19.3 Å². The predicted molar refractivity (Wildman–Crippen MR) is 120 cm³/mol. The Balaban J connectivity index is 1.74. The first-order chi connectivity index (χ1) is 15.3. The van der Waals surface area contributed by atoms with Crippen molar-refractivity contribution < 1.29 is 28.4 Å². The Morgan fingerprint density at radius 3 is 2.53 bits per heavy atom. The monoisotopic (exact) mass is 456 g/mol. The molecular weight excluding hydrogens is 432 g/mol. The zero-order valence-corrected chi connectivity index (χ0v) is 19.1. The van der Waals surface area contributed by atoms with Crippen LogP contribution in [0.1, 0.15) is 41.2 Å². The van der Waals surface area contributed by atoms with E-state index >= 15 is 0 Å². The second-order valence-electron chi connectivity index (χ2n) is 7.04. The fourth-order valence-electron chi connectivity index (χ4n) is 3.09. The summed E-state index contributed by atoms with van der Waals surface area (Å²) in [5.74, 6) is -1.14. The Kier molecular flexibility index (Phi) is 7.42. The number of hydrogen-bond acceptors (Lipinski definition) is 8. The fourth-order valence-corrected chi connectivity index (χ4v) is 4.05. The molecule has 0 aliphatic carbocycles. The van der Waals surface area contributed by atoms with E-state index in [0.29, 0.717) is 27.6 Å². The van der Waals surface area contributed by atoms with Gasteiger partial charge in [-0.1, -0.05) is 35.5 Å². The smallest absolute Gasteiger partial charge is 0.341 e. The van der Waals surface area contributed by atoms with E-state index in [0.717, 1.165) is 5.56 Å². The number of anilines is 1. The van der Waals surface area contributed by atoms with E-state index in [-0.39, 0.29) is 18.6 Å². The second kappa shape index (κ2) is 10.2. The quantitative estimate of drug-likeness (QED) is 0.503. The maximum absolute atomic E-state index is 12.7. The Morgan fingerprint density at radius 1 is 1.19 bits per heavy atom. The summed E-state index contributed by atoms with van der Waals surface area (Å²) in [6.07, 6.45) is -1.12. The number of thiophene rings is 1. The van der Waals surface area contributed by atoms with Crippen LogP contribution in [0.2, 0.25) is 0 Å². The molecule has 1 atom stereocenters. The van der Waals surface area contributed by atoms with E-state index in [1.807, 2.05) is 30.3 Å². The van der Waals surface area contributed by atoms with Crippen LogP contribution in [0.5, 0.6) is 0 Å². The summed E-state index contributed by atoms with van der Waals surface area (Å²) in [6, 6.07) is 9.34. The van der Waals surface area contributed by atoms with Crippen molar-refractivity contribution in [2.75, 3.05) is 11.9 Å². The molecule has 0 fully saturated rings. The van der Waals surface area contributed by atoms with Gasteiger partial charge in [-0.05, 0) is 33.3 Å². The third-order valence-electron chi connectivity index (χ3n) is 4.77. The van der Waals surface area contributed by atoms with Crippen molar-refractivity contribution in [2.45, 2.75) is 40.2 Å². The highest BCUT2D eigenvalue weighted by atomic mass is 32.1. The maximum atomic E-state index is 12.7. The Labute approximate surface area is 189 Å². The molecule has 0 radical (unpaired) electrons. The number of rotatable bonds is 8. The van der Waals surface area contributed by atoms with Crippen molar-refractivity contribution in [3.63, 3.8) is 0 Å². The Hall–Kier alpha value is -3.46. The fraction of sp³-hybridized carbons (Fsp3) is 0.304. The molecule has 1 amide bonds. The number of amides is 1. The summed E-state index contributed by atoms with van der Waals surface area (Å²) >= 11 is 1.20. The summed E-state index contributed by atoms with van der Waals surface area (Å²) in [6.45, 7) is 6.82. The standard InChI is InChI=1S/C23H24N2O6S/c1-5-29-23(28)20-18(16-9-7-6-8-10-16)12-32-22(20)24-21(27)15(4)30-19(26)11-17-13(2)25-31-14(17)3/h6-10,12,15H,5,11H2,1-4H3,(H,24,27). The zero-order chi connectivity index (χ0) is 23.3. The van der Waals surface area contributed by atoms with Gasteiger partial charge in [0.25, 0.3) is 5.91 Å². The largest absolute Gasteiger partial charge is 0.462 e. The maximum Gasteiger partial charge on any atom is 0.341 e. The lowest BCUT2D eigenvalue weighted by Crippen LogP contribution is -2.30. The highest BCUT2D eigenvalue weighted by Crippen LogP contribution is 2.36. The van der Waals surface area contributed by atoms with Crippen LogP contribution in [0, 0.1) is 13.8 Å². The van der Waals surface area contributed by atoms with Gasteiger partial charge in [-0.15, -0.1) is 11.3 Å². The van der Waals surface area contributed by atoms with Gasteiger partial charge in [0.2, 0.25) is 0 Å². The van der Waals surface area contributed by atoms with Crippen LogP contribution in [0.3, 0.4) is 0 Å². The van der Waals surface area contributed by atoms with Gasteiger partial charge in [0.15, 0.2) is 6.10 Å². The van der Waals surface area contributed by atoms with Crippen LogP contribution in [0.15, 0.2) is 40.2 Å². The molecule has 0 saturated heterocycles. The summed E-state index contributed by atoms with van der Waals surface area (Å²) in [5, 5.41) is 8.62. The van der Waals surface area contributed by atoms with E-state index < -0.39 is 23.9 Å². The number of benzene rings is 1. The molecule has 2 heterocycles. The lowest BCUT2D eigenvalue weighted by atomic mass is 10.0. The normalized spacial score (nSPS) is 11.6. The third kappa shape index (κ3) is 5.23. The van der Waals surface area contributed by atoms with E-state index in [2.05, 4.69) is 10.5 Å². The number of hydrogen-bond donors (Lipinski definition) is 1. The Bertz CT molecular complexity index is 1100. The van der Waals surface area contributed by atoms with Crippen LogP contribution < -0.4 is 5.32 Å². The first-order valence-corrected chi connectivity index (χ1v) is 11.0. The minimum atomic E-state index is -1.07. The van der Waals surface area contributed by atoms with Crippen molar-refractivity contribution in [3.05, 3.63) is 58.3 Å². The molecule has 1 N–H and O–H groups in total. The third-order valence-corrected chi connectivity index (χ3v) is 5.67. The van der Waals surface area contributed by atoms with Crippen molar-refractivity contribution in [2.24, 2.45) is 0 Å². The van der Waals surface area contributed by atoms with Crippen molar-refractivity contribution in [1.29, 1.82) is 0 Å². The molecule has 3 aromatic rings. The van der Waals surface area contributed by atoms with Gasteiger partial charge >= 0.3 is 11.9 Å². The van der Waals surface area contributed by atoms with Gasteiger partial charge in [0.05, 0.1) is 18.7 Å². The molecule has 0 aliphatic rings. The minimum absolute atomic E-state index is 0.0516. The van der Waals surface area contributed by atoms with Crippen LogP contribution >= 0.6 is 11.3 Å². The number of carbonyl (C=O) groups is 3. The van der Waals surface area contributed by atoms with Crippen molar-refractivity contribution >= 4 is 34.2 Å². The SMILES string of the molecule is CCOC(=O)c1c(-c2ccccc2)csc1NC(=O)C(C)OC(=O)Cc1c(C)noc1C. The molecular formula is C23H24N2O6S. The zero-order valence-electron chi connectivity index (χ0n) is 18.3. The molecule has 0 aliphatic heterocycles. The lowest BCUT2D eigenvalue weighted by Gasteiger charge is -2.14. The van der Waals surface area contributed by atoms with Gasteiger partial charge in [0.1, 0.15) is 16.3 Å². The number of ether oxygens (including phenoxy) is 2. The number of aromatic nitrogens is 1. The molecule has 168 valence electrons. The molecule has 0 spiro atoms. The van der Waals surface area contributed by atoms with E-state index in [4.69, 9.17) is 14.0 Å². The minimum Gasteiger partial charge on any atom is -0.462 e. The molecule has 3 rings (SSSR count). The summed E-state index contributed by atoms with van der Waals surface area (Å²) in [4.78, 5) is 37.6. The number of aryl methyl sites for hydroxylation is 2. The number of nitrogens with zero attached hydrogens (tertiary/aromatic N) is 1. The van der Waals surface area contributed by atoms with Gasteiger partial charge in [-0.2, -0.15) is 0 Å². The first kappa shape index (κ1) is 23.2. The van der Waals surface area contributed by atoms with Crippen LogP contribution in [-0.2, 0) is 25.5 Å². The van der Waals surface area contributed by atoms with Crippen LogP contribution in [0.4, 0.5) is 5.00 Å². The lowest BCUT2D eigenvalue weighted by molar-refractivity contribution is -0.152. The predicted octanol–water partition coefficient (Wildman–Crippen LogP) is 4.31. The average Bonchev–Trinajstić information content (AvgIpc) is 3.32. The van der Waals surface area contributed by atoms with E-state index in [1.165, 1.54) is 18.3 Å². The number of esters is 2. The Morgan fingerprint density at radius 2 is 1.91 bits per heavy atom. The second-order valence-corrected chi connectivity index (χ2v) is 7.92. The molecule has 2 aromatic heterocycles. The van der Waals surface area contributed by atoms with Crippen molar-refractivity contribution in [1.82, 2.24) is 5.16 Å². The highest BCUT2D eigenvalue weighted by molar-refractivity contribution is 7.15. The molecule has 1 unspecified atom stereocenters. The molecule has 1 aromatic carbocycles. The van der Waals surface area contributed by atoms with E-state index in [9.17, 15) is 14.4 Å². The van der Waals surface area contributed by atoms with Crippen molar-refractivity contribution in [3.8, 4) is 11.1 Å². The molecule has 0 saturated carbocycles. The topological polar surface area (TPSA) is 108 Å². The molecule has 0 bridgehead atoms. The van der Waals surface area contributed by atoms with Gasteiger partial charge in [-0.3, -0.25) is 9.59 Å².